The highest BCUT2D eigenvalue weighted by Gasteiger charge is 2.13. The van der Waals surface area contributed by atoms with Crippen molar-refractivity contribution in [2.75, 3.05) is 0 Å². The monoisotopic (exact) mass is 226 g/mol. The molecular formula is C12H6N2O3. The van der Waals surface area contributed by atoms with Gasteiger partial charge in [-0.05, 0) is 12.1 Å². The maximum absolute atomic E-state index is 11.7. The van der Waals surface area contributed by atoms with Gasteiger partial charge in [-0.3, -0.25) is 9.59 Å². The summed E-state index contributed by atoms with van der Waals surface area (Å²) >= 11 is 0. The van der Waals surface area contributed by atoms with Gasteiger partial charge in [-0.1, -0.05) is 23.4 Å². The molecule has 0 saturated heterocycles. The van der Waals surface area contributed by atoms with E-state index in [9.17, 15) is 9.59 Å². The average molecular weight is 226 g/mol. The fraction of sp³-hybridized carbons (Fsp3) is 0. The number of pyridine rings is 1. The van der Waals surface area contributed by atoms with E-state index in [2.05, 4.69) is 10.1 Å². The minimum Gasteiger partial charge on any atom is -0.410 e. The first-order valence-electron chi connectivity index (χ1n) is 4.93. The molecule has 0 aliphatic rings. The minimum atomic E-state index is -0.627. The van der Waals surface area contributed by atoms with Gasteiger partial charge in [0.25, 0.3) is 0 Å². The summed E-state index contributed by atoms with van der Waals surface area (Å²) < 4.78 is 0. The Morgan fingerprint density at radius 2 is 1.88 bits per heavy atom. The third kappa shape index (κ3) is 1.19. The average Bonchev–Trinajstić information content (AvgIpc) is 2.59. The number of rotatable bonds is 0. The number of para-hydroxylation sites is 1. The highest BCUT2D eigenvalue weighted by molar-refractivity contribution is 5.92. The molecular weight excluding hydrogens is 220 g/mol. The summed E-state index contributed by atoms with van der Waals surface area (Å²) in [4.78, 5) is 27.6. The summed E-state index contributed by atoms with van der Waals surface area (Å²) in [6.07, 6.45) is 0. The van der Waals surface area contributed by atoms with Crippen molar-refractivity contribution < 1.29 is 5.21 Å². The first-order chi connectivity index (χ1) is 8.22. The molecule has 0 aliphatic heterocycles. The summed E-state index contributed by atoms with van der Waals surface area (Å²) in [6.45, 7) is 0. The highest BCUT2D eigenvalue weighted by atomic mass is 16.4. The molecule has 0 fully saturated rings. The number of nitrogens with zero attached hydrogens (tertiary/aromatic N) is 2. The predicted molar refractivity (Wildman–Crippen MR) is 61.5 cm³/mol. The van der Waals surface area contributed by atoms with E-state index in [0.717, 1.165) is 5.39 Å². The van der Waals surface area contributed by atoms with E-state index in [-0.39, 0.29) is 10.9 Å². The van der Waals surface area contributed by atoms with Crippen molar-refractivity contribution in [3.63, 3.8) is 0 Å². The second-order valence-corrected chi connectivity index (χ2v) is 3.68. The third-order valence-corrected chi connectivity index (χ3v) is 2.71. The van der Waals surface area contributed by atoms with Crippen LogP contribution < -0.4 is 16.2 Å². The van der Waals surface area contributed by atoms with Gasteiger partial charge in [0.2, 0.25) is 10.9 Å². The highest BCUT2D eigenvalue weighted by Crippen LogP contribution is 2.14. The molecule has 3 aromatic rings. The largest absolute Gasteiger partial charge is 0.410 e. The van der Waals surface area contributed by atoms with E-state index in [1.807, 2.05) is 6.07 Å². The van der Waals surface area contributed by atoms with Gasteiger partial charge in [0.05, 0.1) is 10.9 Å². The van der Waals surface area contributed by atoms with E-state index in [1.54, 1.807) is 24.3 Å². The Hall–Kier alpha value is -2.56. The van der Waals surface area contributed by atoms with Gasteiger partial charge >= 0.3 is 0 Å². The van der Waals surface area contributed by atoms with Crippen LogP contribution in [-0.4, -0.2) is 10.2 Å². The zero-order chi connectivity index (χ0) is 12.0. The molecule has 0 saturated carbocycles. The lowest BCUT2D eigenvalue weighted by Gasteiger charge is -1.95. The SMILES string of the molecule is O=c1/c(=N/O)c(=O)c2nc3ccccc3cc12. The van der Waals surface area contributed by atoms with Crippen LogP contribution in [0.2, 0.25) is 0 Å². The summed E-state index contributed by atoms with van der Waals surface area (Å²) in [5.41, 5.74) is -0.517. The van der Waals surface area contributed by atoms with Crippen LogP contribution in [-0.2, 0) is 0 Å². The molecule has 0 unspecified atom stereocenters. The molecule has 1 aromatic heterocycles. The van der Waals surface area contributed by atoms with E-state index >= 15 is 0 Å². The molecule has 0 spiro atoms. The van der Waals surface area contributed by atoms with Crippen LogP contribution in [0.4, 0.5) is 0 Å². The quantitative estimate of drug-likeness (QED) is 0.441. The lowest BCUT2D eigenvalue weighted by molar-refractivity contribution is 0.301. The van der Waals surface area contributed by atoms with E-state index in [4.69, 9.17) is 5.21 Å². The predicted octanol–water partition coefficient (Wildman–Crippen LogP) is 0.274. The first kappa shape index (κ1) is 9.65. The lowest BCUT2D eigenvalue weighted by atomic mass is 10.2. The van der Waals surface area contributed by atoms with Crippen LogP contribution in [0.3, 0.4) is 0 Å². The van der Waals surface area contributed by atoms with Gasteiger partial charge < -0.3 is 5.21 Å². The van der Waals surface area contributed by atoms with Crippen molar-refractivity contribution >= 4 is 21.8 Å². The van der Waals surface area contributed by atoms with Crippen molar-refractivity contribution in [2.24, 2.45) is 5.16 Å². The van der Waals surface area contributed by atoms with Crippen LogP contribution in [0, 0.1) is 0 Å². The van der Waals surface area contributed by atoms with Gasteiger partial charge in [-0.2, -0.15) is 0 Å². The first-order valence-corrected chi connectivity index (χ1v) is 4.93. The van der Waals surface area contributed by atoms with E-state index in [1.165, 1.54) is 0 Å². The molecule has 5 nitrogen and oxygen atoms in total. The maximum Gasteiger partial charge on any atom is 0.237 e. The zero-order valence-corrected chi connectivity index (χ0v) is 8.54. The third-order valence-electron chi connectivity index (χ3n) is 2.71. The van der Waals surface area contributed by atoms with Gasteiger partial charge in [0.1, 0.15) is 5.52 Å². The fourth-order valence-electron chi connectivity index (χ4n) is 1.90. The molecule has 0 atom stereocenters. The van der Waals surface area contributed by atoms with E-state index < -0.39 is 16.2 Å². The van der Waals surface area contributed by atoms with Crippen molar-refractivity contribution in [1.82, 2.24) is 4.98 Å². The number of fused-ring (bicyclic) bond motifs is 2. The number of aromatic nitrogens is 1. The second-order valence-electron chi connectivity index (χ2n) is 3.68. The van der Waals surface area contributed by atoms with Crippen LogP contribution in [0.25, 0.3) is 21.8 Å². The van der Waals surface area contributed by atoms with Crippen LogP contribution >= 0.6 is 0 Å². The number of hydrogen-bond donors (Lipinski definition) is 1. The number of hydrogen-bond acceptors (Lipinski definition) is 5. The molecule has 0 radical (unpaired) electrons. The van der Waals surface area contributed by atoms with Crippen molar-refractivity contribution in [3.8, 4) is 0 Å². The van der Waals surface area contributed by atoms with Crippen molar-refractivity contribution in [3.05, 3.63) is 56.1 Å². The molecule has 1 heterocycles. The van der Waals surface area contributed by atoms with Gasteiger partial charge in [-0.25, -0.2) is 4.98 Å². The lowest BCUT2D eigenvalue weighted by Crippen LogP contribution is -2.31. The smallest absolute Gasteiger partial charge is 0.237 e. The van der Waals surface area contributed by atoms with Crippen LogP contribution in [0.1, 0.15) is 0 Å². The molecule has 0 aliphatic carbocycles. The molecule has 0 bridgehead atoms. The molecule has 3 rings (SSSR count). The molecule has 2 aromatic carbocycles. The van der Waals surface area contributed by atoms with E-state index in [0.29, 0.717) is 5.52 Å². The second kappa shape index (κ2) is 3.21. The Balaban J connectivity index is 2.70. The Morgan fingerprint density at radius 3 is 2.65 bits per heavy atom. The summed E-state index contributed by atoms with van der Waals surface area (Å²) in [6, 6.07) is 8.76. The Labute approximate surface area is 94.0 Å². The summed E-state index contributed by atoms with van der Waals surface area (Å²) in [5, 5.41) is 11.9. The maximum atomic E-state index is 11.7. The molecule has 5 heteroatoms. The van der Waals surface area contributed by atoms with Crippen molar-refractivity contribution in [2.45, 2.75) is 0 Å². The van der Waals surface area contributed by atoms with Crippen LogP contribution in [0.5, 0.6) is 0 Å². The summed E-state index contributed by atoms with van der Waals surface area (Å²) in [7, 11) is 0. The molecule has 1 N–H and O–H groups in total. The van der Waals surface area contributed by atoms with Gasteiger partial charge in [0, 0.05) is 5.39 Å². The van der Waals surface area contributed by atoms with Crippen LogP contribution in [0.15, 0.2) is 45.1 Å². The minimum absolute atomic E-state index is 0.0569. The molecule has 0 amide bonds. The van der Waals surface area contributed by atoms with Crippen molar-refractivity contribution in [1.29, 1.82) is 0 Å². The standard InChI is InChI=1S/C12H6N2O3/c15-11-7-5-6-3-1-2-4-8(6)13-9(7)12(16)10(11)14-17/h1-5,17H/b14-10-. The number of benzene rings is 1. The van der Waals surface area contributed by atoms with Gasteiger partial charge in [0.15, 0.2) is 5.36 Å². The molecule has 17 heavy (non-hydrogen) atoms. The van der Waals surface area contributed by atoms with Gasteiger partial charge in [-0.15, -0.1) is 0 Å². The zero-order valence-electron chi connectivity index (χ0n) is 8.54. The topological polar surface area (TPSA) is 79.6 Å². The Bertz CT molecular complexity index is 820. The Morgan fingerprint density at radius 1 is 1.12 bits per heavy atom. The fourth-order valence-corrected chi connectivity index (χ4v) is 1.90. The normalized spacial score (nSPS) is 12.6. The Kier molecular flexibility index (Phi) is 1.82. The summed E-state index contributed by atoms with van der Waals surface area (Å²) in [5.74, 6) is 0. The molecule has 82 valence electrons.